The standard InChI is InChI=1S/C26H29N7O/c1-18-10-11-29-23(13-18)31-24-14-22(30-25(32-24)21(15-27)16-28-2)20-9-6-12-33(17-20)26(34)19-7-4-3-5-8-19/h3-5,7-8,10-11,13-16,20H,6,9,12,17,27H2,1-2H3,(H,29,30,31,32). The number of aromatic nitrogens is 3. The normalized spacial score (nSPS) is 16.6. The molecule has 3 aromatic rings. The minimum absolute atomic E-state index is 0.0440. The van der Waals surface area contributed by atoms with Crippen LogP contribution in [0.25, 0.3) is 5.57 Å². The topological polar surface area (TPSA) is 109 Å². The van der Waals surface area contributed by atoms with Crippen molar-refractivity contribution in [2.75, 3.05) is 25.5 Å². The van der Waals surface area contributed by atoms with E-state index >= 15 is 0 Å². The number of hydrogen-bond donors (Lipinski definition) is 2. The summed E-state index contributed by atoms with van der Waals surface area (Å²) in [6, 6.07) is 15.2. The van der Waals surface area contributed by atoms with Crippen LogP contribution in [0.15, 0.2) is 65.9 Å². The van der Waals surface area contributed by atoms with E-state index in [0.717, 1.165) is 30.6 Å². The number of carbonyl (C=O) groups excluding carboxylic acids is 1. The zero-order valence-corrected chi connectivity index (χ0v) is 19.5. The van der Waals surface area contributed by atoms with Crippen LogP contribution in [0.3, 0.4) is 0 Å². The molecule has 3 heterocycles. The highest BCUT2D eigenvalue weighted by Gasteiger charge is 2.27. The fourth-order valence-corrected chi connectivity index (χ4v) is 4.08. The minimum Gasteiger partial charge on any atom is -0.404 e. The molecule has 174 valence electrons. The summed E-state index contributed by atoms with van der Waals surface area (Å²) in [5, 5.41) is 3.29. The molecule has 1 saturated heterocycles. The average Bonchev–Trinajstić information content (AvgIpc) is 2.87. The summed E-state index contributed by atoms with van der Waals surface area (Å²) in [7, 11) is 1.68. The number of pyridine rings is 1. The Morgan fingerprint density at radius 1 is 1.18 bits per heavy atom. The number of allylic oxidation sites excluding steroid dienone is 1. The number of aryl methyl sites for hydroxylation is 1. The molecule has 0 radical (unpaired) electrons. The van der Waals surface area contributed by atoms with Crippen LogP contribution in [0, 0.1) is 6.92 Å². The van der Waals surface area contributed by atoms with E-state index < -0.39 is 0 Å². The zero-order chi connectivity index (χ0) is 23.9. The van der Waals surface area contributed by atoms with Crippen LogP contribution < -0.4 is 11.1 Å². The summed E-state index contributed by atoms with van der Waals surface area (Å²) in [6.07, 6.45) is 6.68. The molecule has 1 atom stereocenters. The second-order valence-electron chi connectivity index (χ2n) is 8.31. The van der Waals surface area contributed by atoms with Crippen LogP contribution in [0.5, 0.6) is 0 Å². The average molecular weight is 456 g/mol. The summed E-state index contributed by atoms with van der Waals surface area (Å²) in [6.45, 7) is 3.34. The summed E-state index contributed by atoms with van der Waals surface area (Å²) in [5.41, 5.74) is 9.12. The van der Waals surface area contributed by atoms with Gasteiger partial charge in [-0.3, -0.25) is 9.79 Å². The Kier molecular flexibility index (Phi) is 7.27. The third kappa shape index (κ3) is 5.46. The van der Waals surface area contributed by atoms with Crippen molar-refractivity contribution in [1.82, 2.24) is 19.9 Å². The molecule has 1 amide bonds. The van der Waals surface area contributed by atoms with Crippen molar-refractivity contribution >= 4 is 29.3 Å². The summed E-state index contributed by atoms with van der Waals surface area (Å²) in [5.74, 6) is 1.91. The number of amides is 1. The van der Waals surface area contributed by atoms with Crippen LogP contribution >= 0.6 is 0 Å². The molecular formula is C26H29N7O. The number of likely N-dealkylation sites (tertiary alicyclic amines) is 1. The van der Waals surface area contributed by atoms with E-state index in [-0.39, 0.29) is 11.8 Å². The van der Waals surface area contributed by atoms with Crippen molar-refractivity contribution in [3.63, 3.8) is 0 Å². The largest absolute Gasteiger partial charge is 0.404 e. The molecule has 1 aromatic carbocycles. The van der Waals surface area contributed by atoms with E-state index in [1.165, 1.54) is 6.20 Å². The Morgan fingerprint density at radius 3 is 2.74 bits per heavy atom. The van der Waals surface area contributed by atoms with E-state index in [0.29, 0.717) is 35.1 Å². The molecule has 4 rings (SSSR count). The van der Waals surface area contributed by atoms with Crippen LogP contribution in [-0.4, -0.2) is 52.1 Å². The number of carbonyl (C=O) groups is 1. The predicted molar refractivity (Wildman–Crippen MR) is 135 cm³/mol. The maximum Gasteiger partial charge on any atom is 0.253 e. The summed E-state index contributed by atoms with van der Waals surface area (Å²) in [4.78, 5) is 32.9. The van der Waals surface area contributed by atoms with Crippen LogP contribution in [0.1, 0.15) is 46.2 Å². The molecule has 8 heteroatoms. The monoisotopic (exact) mass is 455 g/mol. The van der Waals surface area contributed by atoms with Gasteiger partial charge in [-0.25, -0.2) is 15.0 Å². The Labute approximate surface area is 199 Å². The van der Waals surface area contributed by atoms with E-state index in [1.54, 1.807) is 19.5 Å². The lowest BCUT2D eigenvalue weighted by Crippen LogP contribution is -2.39. The lowest BCUT2D eigenvalue weighted by Gasteiger charge is -2.33. The Morgan fingerprint density at radius 2 is 2.00 bits per heavy atom. The van der Waals surface area contributed by atoms with Gasteiger partial charge in [0.1, 0.15) is 11.6 Å². The van der Waals surface area contributed by atoms with E-state index in [2.05, 4.69) is 20.3 Å². The molecular weight excluding hydrogens is 426 g/mol. The van der Waals surface area contributed by atoms with Gasteiger partial charge in [0.25, 0.3) is 5.91 Å². The number of benzene rings is 1. The lowest BCUT2D eigenvalue weighted by atomic mass is 9.93. The quantitative estimate of drug-likeness (QED) is 0.545. The van der Waals surface area contributed by atoms with Crippen molar-refractivity contribution in [2.24, 2.45) is 10.7 Å². The fraction of sp³-hybridized carbons (Fsp3) is 0.269. The van der Waals surface area contributed by atoms with Crippen LogP contribution in [0.2, 0.25) is 0 Å². The lowest BCUT2D eigenvalue weighted by molar-refractivity contribution is 0.0706. The maximum atomic E-state index is 13.1. The first-order valence-electron chi connectivity index (χ1n) is 11.3. The second-order valence-corrected chi connectivity index (χ2v) is 8.31. The number of hydrogen-bond acceptors (Lipinski definition) is 7. The Balaban J connectivity index is 1.66. The number of piperidine rings is 1. The molecule has 8 nitrogen and oxygen atoms in total. The molecule has 3 N–H and O–H groups in total. The van der Waals surface area contributed by atoms with Gasteiger partial charge in [-0.15, -0.1) is 0 Å². The number of anilines is 2. The molecule has 0 spiro atoms. The van der Waals surface area contributed by atoms with Gasteiger partial charge in [0, 0.05) is 56.3 Å². The Hall–Kier alpha value is -4.07. The molecule has 2 aromatic heterocycles. The first-order valence-corrected chi connectivity index (χ1v) is 11.3. The van der Waals surface area contributed by atoms with Crippen molar-refractivity contribution < 1.29 is 4.79 Å². The summed E-state index contributed by atoms with van der Waals surface area (Å²) >= 11 is 0. The van der Waals surface area contributed by atoms with Gasteiger partial charge in [0.15, 0.2) is 5.82 Å². The maximum absolute atomic E-state index is 13.1. The van der Waals surface area contributed by atoms with Gasteiger partial charge in [0.2, 0.25) is 0 Å². The van der Waals surface area contributed by atoms with Crippen LogP contribution in [0.4, 0.5) is 11.6 Å². The van der Waals surface area contributed by atoms with Gasteiger partial charge in [0.05, 0.1) is 11.3 Å². The van der Waals surface area contributed by atoms with Crippen molar-refractivity contribution in [3.8, 4) is 0 Å². The molecule has 0 saturated carbocycles. The number of nitrogens with two attached hydrogens (primary N) is 1. The van der Waals surface area contributed by atoms with E-state index in [1.807, 2.05) is 60.4 Å². The van der Waals surface area contributed by atoms with E-state index in [9.17, 15) is 4.79 Å². The van der Waals surface area contributed by atoms with Gasteiger partial charge >= 0.3 is 0 Å². The molecule has 34 heavy (non-hydrogen) atoms. The van der Waals surface area contributed by atoms with Crippen molar-refractivity contribution in [2.45, 2.75) is 25.7 Å². The van der Waals surface area contributed by atoms with E-state index in [4.69, 9.17) is 10.7 Å². The third-order valence-electron chi connectivity index (χ3n) is 5.77. The number of aliphatic imine (C=N–C) groups is 1. The van der Waals surface area contributed by atoms with Gasteiger partial charge < -0.3 is 16.0 Å². The predicted octanol–water partition coefficient (Wildman–Crippen LogP) is 3.94. The molecule has 1 unspecified atom stereocenters. The highest BCUT2D eigenvalue weighted by molar-refractivity contribution is 6.08. The SMILES string of the molecule is CN=CC(=CN)c1nc(Nc2cc(C)ccn2)cc(C2CCCN(C(=O)c3ccccc3)C2)n1. The fourth-order valence-electron chi connectivity index (χ4n) is 4.08. The molecule has 0 aliphatic carbocycles. The number of nitrogens with one attached hydrogen (secondary N) is 1. The van der Waals surface area contributed by atoms with Gasteiger partial charge in [-0.05, 0) is 49.6 Å². The van der Waals surface area contributed by atoms with Crippen molar-refractivity contribution in [3.05, 3.63) is 83.6 Å². The molecule has 0 bridgehead atoms. The smallest absolute Gasteiger partial charge is 0.253 e. The van der Waals surface area contributed by atoms with Gasteiger partial charge in [-0.1, -0.05) is 18.2 Å². The van der Waals surface area contributed by atoms with Crippen LogP contribution in [-0.2, 0) is 0 Å². The number of nitrogens with zero attached hydrogens (tertiary/aromatic N) is 5. The molecule has 1 aliphatic rings. The zero-order valence-electron chi connectivity index (χ0n) is 19.5. The van der Waals surface area contributed by atoms with Gasteiger partial charge in [-0.2, -0.15) is 0 Å². The third-order valence-corrected chi connectivity index (χ3v) is 5.77. The molecule has 1 aliphatic heterocycles. The minimum atomic E-state index is 0.0440. The first-order chi connectivity index (χ1) is 16.6. The first kappa shape index (κ1) is 23.1. The van der Waals surface area contributed by atoms with Crippen molar-refractivity contribution in [1.29, 1.82) is 0 Å². The highest BCUT2D eigenvalue weighted by Crippen LogP contribution is 2.29. The highest BCUT2D eigenvalue weighted by atomic mass is 16.2. The molecule has 1 fully saturated rings. The number of rotatable bonds is 6. The second kappa shape index (κ2) is 10.7. The Bertz CT molecular complexity index is 1210. The summed E-state index contributed by atoms with van der Waals surface area (Å²) < 4.78 is 0.